The van der Waals surface area contributed by atoms with E-state index in [0.29, 0.717) is 18.1 Å². The number of hydrogen-bond donors (Lipinski definition) is 1. The fourth-order valence-corrected chi connectivity index (χ4v) is 2.58. The molecule has 0 saturated carbocycles. The molecule has 2 aromatic rings. The molecule has 1 aromatic carbocycles. The molecule has 1 amide bonds. The molecule has 0 aliphatic carbocycles. The molecule has 25 heavy (non-hydrogen) atoms. The summed E-state index contributed by atoms with van der Waals surface area (Å²) in [5, 5.41) is 7.25. The minimum atomic E-state index is -0.185. The van der Waals surface area contributed by atoms with Crippen LogP contribution in [-0.2, 0) is 11.8 Å². The molecule has 6 heteroatoms. The number of nitrogens with one attached hydrogen (secondary N) is 1. The zero-order valence-corrected chi connectivity index (χ0v) is 15.6. The van der Waals surface area contributed by atoms with E-state index in [1.165, 1.54) is 0 Å². The van der Waals surface area contributed by atoms with Crippen LogP contribution in [-0.4, -0.2) is 28.9 Å². The van der Waals surface area contributed by atoms with Gasteiger partial charge in [0.05, 0.1) is 18.8 Å². The number of amides is 1. The summed E-state index contributed by atoms with van der Waals surface area (Å²) >= 11 is 0. The van der Waals surface area contributed by atoms with Gasteiger partial charge in [-0.05, 0) is 24.5 Å². The first-order valence-electron chi connectivity index (χ1n) is 8.43. The van der Waals surface area contributed by atoms with E-state index in [1.807, 2.05) is 38.4 Å². The first kappa shape index (κ1) is 18.8. The van der Waals surface area contributed by atoms with Crippen LogP contribution in [0.1, 0.15) is 39.3 Å². The SMILES string of the molecule is CCOc1ccccc1OCC(=O)N[C@H](c1cnn(C)c1)C(C)(C)C. The summed E-state index contributed by atoms with van der Waals surface area (Å²) in [4.78, 5) is 12.4. The molecule has 0 radical (unpaired) electrons. The van der Waals surface area contributed by atoms with Crippen LogP contribution in [0.15, 0.2) is 36.7 Å². The Morgan fingerprint density at radius 3 is 2.40 bits per heavy atom. The molecule has 1 atom stereocenters. The van der Waals surface area contributed by atoms with Crippen molar-refractivity contribution in [3.8, 4) is 11.5 Å². The van der Waals surface area contributed by atoms with Gasteiger partial charge in [0.2, 0.25) is 0 Å². The minimum Gasteiger partial charge on any atom is -0.490 e. The summed E-state index contributed by atoms with van der Waals surface area (Å²) in [7, 11) is 1.86. The van der Waals surface area contributed by atoms with E-state index in [0.717, 1.165) is 5.56 Å². The summed E-state index contributed by atoms with van der Waals surface area (Å²) in [5.74, 6) is 1.01. The molecule has 0 saturated heterocycles. The average molecular weight is 345 g/mol. The van der Waals surface area contributed by atoms with E-state index in [-0.39, 0.29) is 24.0 Å². The van der Waals surface area contributed by atoms with E-state index < -0.39 is 0 Å². The number of aryl methyl sites for hydroxylation is 1. The first-order chi connectivity index (χ1) is 11.8. The number of nitrogens with zero attached hydrogens (tertiary/aromatic N) is 2. The van der Waals surface area contributed by atoms with Gasteiger partial charge in [0.15, 0.2) is 18.1 Å². The van der Waals surface area contributed by atoms with Crippen molar-refractivity contribution >= 4 is 5.91 Å². The van der Waals surface area contributed by atoms with Crippen molar-refractivity contribution in [2.24, 2.45) is 12.5 Å². The van der Waals surface area contributed by atoms with Crippen LogP contribution in [0, 0.1) is 5.41 Å². The fourth-order valence-electron chi connectivity index (χ4n) is 2.58. The normalized spacial score (nSPS) is 12.5. The Hall–Kier alpha value is -2.50. The molecule has 0 fully saturated rings. The molecule has 0 bridgehead atoms. The van der Waals surface area contributed by atoms with Crippen molar-refractivity contribution in [3.63, 3.8) is 0 Å². The zero-order chi connectivity index (χ0) is 18.4. The predicted molar refractivity (Wildman–Crippen MR) is 96.7 cm³/mol. The quantitative estimate of drug-likeness (QED) is 0.837. The lowest BCUT2D eigenvalue weighted by Crippen LogP contribution is -2.39. The number of aromatic nitrogens is 2. The van der Waals surface area contributed by atoms with Gasteiger partial charge in [-0.15, -0.1) is 0 Å². The molecule has 136 valence electrons. The highest BCUT2D eigenvalue weighted by atomic mass is 16.5. The maximum atomic E-state index is 12.4. The third kappa shape index (κ3) is 5.24. The molecule has 0 aliphatic rings. The first-order valence-corrected chi connectivity index (χ1v) is 8.43. The Labute approximate surface area is 149 Å². The van der Waals surface area contributed by atoms with E-state index in [9.17, 15) is 4.79 Å². The Bertz CT molecular complexity index is 704. The second kappa shape index (κ2) is 8.05. The van der Waals surface area contributed by atoms with E-state index in [4.69, 9.17) is 9.47 Å². The molecular formula is C19H27N3O3. The smallest absolute Gasteiger partial charge is 0.258 e. The van der Waals surface area contributed by atoms with Gasteiger partial charge >= 0.3 is 0 Å². The predicted octanol–water partition coefficient (Wildman–Crippen LogP) is 3.10. The second-order valence-corrected chi connectivity index (χ2v) is 6.98. The van der Waals surface area contributed by atoms with Crippen LogP contribution in [0.25, 0.3) is 0 Å². The topological polar surface area (TPSA) is 65.4 Å². The third-order valence-electron chi connectivity index (χ3n) is 3.74. The summed E-state index contributed by atoms with van der Waals surface area (Å²) in [5.41, 5.74) is 0.820. The molecule has 0 aliphatic heterocycles. The Balaban J connectivity index is 2.03. The summed E-state index contributed by atoms with van der Waals surface area (Å²) < 4.78 is 12.9. The van der Waals surface area contributed by atoms with Gasteiger partial charge in [-0.2, -0.15) is 5.10 Å². The van der Waals surface area contributed by atoms with Crippen molar-refractivity contribution in [2.75, 3.05) is 13.2 Å². The Morgan fingerprint density at radius 1 is 1.24 bits per heavy atom. The Morgan fingerprint density at radius 2 is 1.88 bits per heavy atom. The number of carbonyl (C=O) groups is 1. The molecule has 1 heterocycles. The van der Waals surface area contributed by atoms with Gasteiger partial charge in [-0.25, -0.2) is 0 Å². The van der Waals surface area contributed by atoms with Crippen LogP contribution in [0.2, 0.25) is 0 Å². The maximum Gasteiger partial charge on any atom is 0.258 e. The maximum absolute atomic E-state index is 12.4. The third-order valence-corrected chi connectivity index (χ3v) is 3.74. The molecular weight excluding hydrogens is 318 g/mol. The number of hydrogen-bond acceptors (Lipinski definition) is 4. The van der Waals surface area contributed by atoms with Crippen molar-refractivity contribution in [3.05, 3.63) is 42.2 Å². The van der Waals surface area contributed by atoms with E-state index >= 15 is 0 Å². The molecule has 0 spiro atoms. The lowest BCUT2D eigenvalue weighted by molar-refractivity contribution is -0.124. The van der Waals surface area contributed by atoms with Gasteiger partial charge in [0.1, 0.15) is 0 Å². The molecule has 0 unspecified atom stereocenters. The number of para-hydroxylation sites is 2. The Kier molecular flexibility index (Phi) is 6.07. The average Bonchev–Trinajstić information content (AvgIpc) is 2.97. The highest BCUT2D eigenvalue weighted by molar-refractivity contribution is 5.78. The van der Waals surface area contributed by atoms with Crippen LogP contribution >= 0.6 is 0 Å². The molecule has 1 N–H and O–H groups in total. The van der Waals surface area contributed by atoms with Crippen LogP contribution in [0.4, 0.5) is 0 Å². The zero-order valence-electron chi connectivity index (χ0n) is 15.6. The second-order valence-electron chi connectivity index (χ2n) is 6.98. The molecule has 6 nitrogen and oxygen atoms in total. The van der Waals surface area contributed by atoms with Crippen LogP contribution < -0.4 is 14.8 Å². The highest BCUT2D eigenvalue weighted by Gasteiger charge is 2.29. The van der Waals surface area contributed by atoms with Gasteiger partial charge in [-0.1, -0.05) is 32.9 Å². The van der Waals surface area contributed by atoms with Crippen molar-refractivity contribution in [2.45, 2.75) is 33.7 Å². The number of carbonyl (C=O) groups excluding carboxylic acids is 1. The molecule has 1 aromatic heterocycles. The van der Waals surface area contributed by atoms with E-state index in [2.05, 4.69) is 31.2 Å². The number of rotatable bonds is 7. The summed E-state index contributed by atoms with van der Waals surface area (Å²) in [6.07, 6.45) is 3.70. The number of ether oxygens (including phenoxy) is 2. The van der Waals surface area contributed by atoms with Crippen LogP contribution in [0.5, 0.6) is 11.5 Å². The largest absolute Gasteiger partial charge is 0.490 e. The van der Waals surface area contributed by atoms with Gasteiger partial charge in [-0.3, -0.25) is 9.48 Å². The summed E-state index contributed by atoms with van der Waals surface area (Å²) in [6, 6.07) is 7.18. The van der Waals surface area contributed by atoms with E-state index in [1.54, 1.807) is 16.9 Å². The fraction of sp³-hybridized carbons (Fsp3) is 0.474. The standard InChI is InChI=1S/C19H27N3O3/c1-6-24-15-9-7-8-10-16(15)25-13-17(23)21-18(19(2,3)4)14-11-20-22(5)12-14/h7-12,18H,6,13H2,1-5H3,(H,21,23)/t18-/m1/s1. The van der Waals surface area contributed by atoms with Gasteiger partial charge < -0.3 is 14.8 Å². The number of benzene rings is 1. The van der Waals surface area contributed by atoms with Crippen molar-refractivity contribution < 1.29 is 14.3 Å². The van der Waals surface area contributed by atoms with Gasteiger partial charge in [0.25, 0.3) is 5.91 Å². The highest BCUT2D eigenvalue weighted by Crippen LogP contribution is 2.32. The van der Waals surface area contributed by atoms with Crippen molar-refractivity contribution in [1.29, 1.82) is 0 Å². The monoisotopic (exact) mass is 345 g/mol. The lowest BCUT2D eigenvalue weighted by Gasteiger charge is -2.30. The molecule has 2 rings (SSSR count). The van der Waals surface area contributed by atoms with Crippen molar-refractivity contribution in [1.82, 2.24) is 15.1 Å². The lowest BCUT2D eigenvalue weighted by atomic mass is 9.83. The minimum absolute atomic E-state index is 0.0725. The van der Waals surface area contributed by atoms with Gasteiger partial charge in [0, 0.05) is 18.8 Å². The van der Waals surface area contributed by atoms with Crippen LogP contribution in [0.3, 0.4) is 0 Å². The summed E-state index contributed by atoms with van der Waals surface area (Å²) in [6.45, 7) is 8.62.